The molecule has 0 aliphatic carbocycles. The second-order valence-corrected chi connectivity index (χ2v) is 5.22. The fourth-order valence-corrected chi connectivity index (χ4v) is 2.00. The van der Waals surface area contributed by atoms with Crippen molar-refractivity contribution in [2.24, 2.45) is 0 Å². The van der Waals surface area contributed by atoms with Gasteiger partial charge in [-0.25, -0.2) is 0 Å². The summed E-state index contributed by atoms with van der Waals surface area (Å²) in [6.07, 6.45) is 2.57. The molecule has 7 nitrogen and oxygen atoms in total. The van der Waals surface area contributed by atoms with E-state index < -0.39 is 6.10 Å². The summed E-state index contributed by atoms with van der Waals surface area (Å²) in [4.78, 5) is 27.6. The number of nitriles is 1. The van der Waals surface area contributed by atoms with Crippen LogP contribution in [0.5, 0.6) is 5.75 Å². The lowest BCUT2D eigenvalue weighted by Gasteiger charge is -2.14. The Kier molecular flexibility index (Phi) is 6.48. The van der Waals surface area contributed by atoms with E-state index in [1.54, 1.807) is 55.7 Å². The van der Waals surface area contributed by atoms with Crippen molar-refractivity contribution in [1.29, 1.82) is 5.26 Å². The lowest BCUT2D eigenvalue weighted by molar-refractivity contribution is -0.127. The van der Waals surface area contributed by atoms with Crippen molar-refractivity contribution in [2.45, 2.75) is 19.4 Å². The zero-order chi connectivity index (χ0) is 18.1. The van der Waals surface area contributed by atoms with Gasteiger partial charge in [0.1, 0.15) is 5.75 Å². The highest BCUT2D eigenvalue weighted by molar-refractivity contribution is 5.91. The number of carbonyl (C=O) groups is 2. The number of hydrogen-bond acceptors (Lipinski definition) is 5. The molecule has 0 saturated heterocycles. The Labute approximate surface area is 145 Å². The Bertz CT molecular complexity index is 771. The summed E-state index contributed by atoms with van der Waals surface area (Å²) < 4.78 is 5.50. The average molecular weight is 338 g/mol. The summed E-state index contributed by atoms with van der Waals surface area (Å²) in [7, 11) is 0. The van der Waals surface area contributed by atoms with E-state index in [9.17, 15) is 9.59 Å². The summed E-state index contributed by atoms with van der Waals surface area (Å²) in [5.74, 6) is -0.0991. The maximum absolute atomic E-state index is 12.0. The van der Waals surface area contributed by atoms with Crippen molar-refractivity contribution >= 4 is 17.5 Å². The SMILES string of the molecule is C[C@H](Oc1cccc(C#N)c1)C(=O)NCCC(=O)Nc1ccncc1. The largest absolute Gasteiger partial charge is 0.481 e. The highest BCUT2D eigenvalue weighted by Gasteiger charge is 2.15. The minimum atomic E-state index is -0.739. The van der Waals surface area contributed by atoms with Crippen LogP contribution >= 0.6 is 0 Å². The van der Waals surface area contributed by atoms with Crippen molar-refractivity contribution in [1.82, 2.24) is 10.3 Å². The smallest absolute Gasteiger partial charge is 0.260 e. The van der Waals surface area contributed by atoms with Gasteiger partial charge in [-0.3, -0.25) is 14.6 Å². The van der Waals surface area contributed by atoms with Gasteiger partial charge in [-0.1, -0.05) is 6.07 Å². The average Bonchev–Trinajstić information content (AvgIpc) is 2.62. The first kappa shape index (κ1) is 17.9. The lowest BCUT2D eigenvalue weighted by Crippen LogP contribution is -2.37. The molecule has 2 N–H and O–H groups in total. The summed E-state index contributed by atoms with van der Waals surface area (Å²) in [6.45, 7) is 1.80. The number of aromatic nitrogens is 1. The van der Waals surface area contributed by atoms with E-state index in [-0.39, 0.29) is 24.8 Å². The monoisotopic (exact) mass is 338 g/mol. The second kappa shape index (κ2) is 9.03. The van der Waals surface area contributed by atoms with Crippen LogP contribution in [0, 0.1) is 11.3 Å². The molecule has 0 aliphatic heterocycles. The number of nitrogens with one attached hydrogen (secondary N) is 2. The molecule has 1 atom stereocenters. The van der Waals surface area contributed by atoms with Crippen LogP contribution in [0.2, 0.25) is 0 Å². The topological polar surface area (TPSA) is 104 Å². The van der Waals surface area contributed by atoms with Gasteiger partial charge in [0.2, 0.25) is 5.91 Å². The predicted octanol–water partition coefficient (Wildman–Crippen LogP) is 1.87. The number of ether oxygens (including phenoxy) is 1. The zero-order valence-electron chi connectivity index (χ0n) is 13.7. The first-order valence-corrected chi connectivity index (χ1v) is 7.73. The number of nitrogens with zero attached hydrogens (tertiary/aromatic N) is 2. The number of pyridine rings is 1. The number of rotatable bonds is 7. The van der Waals surface area contributed by atoms with Crippen LogP contribution in [0.4, 0.5) is 5.69 Å². The maximum Gasteiger partial charge on any atom is 0.260 e. The zero-order valence-corrected chi connectivity index (χ0v) is 13.7. The Balaban J connectivity index is 1.74. The molecule has 25 heavy (non-hydrogen) atoms. The molecule has 0 bridgehead atoms. The van der Waals surface area contributed by atoms with Crippen LogP contribution < -0.4 is 15.4 Å². The summed E-state index contributed by atoms with van der Waals surface area (Å²) >= 11 is 0. The van der Waals surface area contributed by atoms with Gasteiger partial charge in [-0.15, -0.1) is 0 Å². The third-order valence-electron chi connectivity index (χ3n) is 3.26. The Morgan fingerprint density at radius 1 is 1.28 bits per heavy atom. The van der Waals surface area contributed by atoms with E-state index in [0.717, 1.165) is 0 Å². The standard InChI is InChI=1S/C18H18N4O3/c1-13(25-16-4-2-3-14(11-16)12-19)18(24)21-10-7-17(23)22-15-5-8-20-9-6-15/h2-6,8-9,11,13H,7,10H2,1H3,(H,21,24)(H,20,22,23)/t13-/m0/s1. The molecule has 0 spiro atoms. The van der Waals surface area contributed by atoms with Gasteiger partial charge in [0, 0.05) is 31.0 Å². The summed E-state index contributed by atoms with van der Waals surface area (Å²) in [6, 6.07) is 11.9. The molecule has 0 radical (unpaired) electrons. The Morgan fingerprint density at radius 3 is 2.76 bits per heavy atom. The van der Waals surface area contributed by atoms with E-state index in [1.165, 1.54) is 0 Å². The van der Waals surface area contributed by atoms with Crippen molar-refractivity contribution in [3.63, 3.8) is 0 Å². The second-order valence-electron chi connectivity index (χ2n) is 5.22. The van der Waals surface area contributed by atoms with Gasteiger partial charge in [-0.05, 0) is 37.3 Å². The molecule has 0 aliphatic rings. The normalized spacial score (nSPS) is 11.0. The van der Waals surface area contributed by atoms with Crippen LogP contribution in [-0.2, 0) is 9.59 Å². The number of carbonyl (C=O) groups excluding carboxylic acids is 2. The molecule has 1 heterocycles. The fraction of sp³-hybridized carbons (Fsp3) is 0.222. The third-order valence-corrected chi connectivity index (χ3v) is 3.26. The van der Waals surface area contributed by atoms with Gasteiger partial charge in [0.15, 0.2) is 6.10 Å². The van der Waals surface area contributed by atoms with Gasteiger partial charge in [0.25, 0.3) is 5.91 Å². The van der Waals surface area contributed by atoms with Crippen LogP contribution in [-0.4, -0.2) is 29.4 Å². The highest BCUT2D eigenvalue weighted by atomic mass is 16.5. The minimum absolute atomic E-state index is 0.144. The molecular formula is C18H18N4O3. The van der Waals surface area contributed by atoms with E-state index in [1.807, 2.05) is 6.07 Å². The summed E-state index contributed by atoms with van der Waals surface area (Å²) in [5.41, 5.74) is 1.11. The molecular weight excluding hydrogens is 320 g/mol. The third kappa shape index (κ3) is 5.95. The molecule has 7 heteroatoms. The quantitative estimate of drug-likeness (QED) is 0.802. The minimum Gasteiger partial charge on any atom is -0.481 e. The van der Waals surface area contributed by atoms with Crippen LogP contribution in [0.25, 0.3) is 0 Å². The Morgan fingerprint density at radius 2 is 2.04 bits per heavy atom. The molecule has 2 aromatic rings. The molecule has 1 aromatic carbocycles. The van der Waals surface area contributed by atoms with Crippen LogP contribution in [0.15, 0.2) is 48.8 Å². The first-order valence-electron chi connectivity index (χ1n) is 7.73. The first-order chi connectivity index (χ1) is 12.1. The number of benzene rings is 1. The van der Waals surface area contributed by atoms with E-state index in [4.69, 9.17) is 10.00 Å². The lowest BCUT2D eigenvalue weighted by atomic mass is 10.2. The van der Waals surface area contributed by atoms with Crippen LogP contribution in [0.3, 0.4) is 0 Å². The van der Waals surface area contributed by atoms with Gasteiger partial charge >= 0.3 is 0 Å². The van der Waals surface area contributed by atoms with Crippen molar-refractivity contribution in [3.05, 3.63) is 54.4 Å². The number of hydrogen-bond donors (Lipinski definition) is 2. The molecule has 2 amide bonds. The molecule has 1 aromatic heterocycles. The van der Waals surface area contributed by atoms with Gasteiger partial charge in [-0.2, -0.15) is 5.26 Å². The summed E-state index contributed by atoms with van der Waals surface area (Å²) in [5, 5.41) is 14.2. The molecule has 0 unspecified atom stereocenters. The van der Waals surface area contributed by atoms with E-state index in [0.29, 0.717) is 17.0 Å². The fourth-order valence-electron chi connectivity index (χ4n) is 2.00. The van der Waals surface area contributed by atoms with E-state index in [2.05, 4.69) is 15.6 Å². The van der Waals surface area contributed by atoms with Crippen molar-refractivity contribution < 1.29 is 14.3 Å². The van der Waals surface area contributed by atoms with Crippen molar-refractivity contribution in [2.75, 3.05) is 11.9 Å². The molecule has 0 saturated carbocycles. The highest BCUT2D eigenvalue weighted by Crippen LogP contribution is 2.14. The number of amides is 2. The Hall–Kier alpha value is -3.40. The maximum atomic E-state index is 12.0. The molecule has 2 rings (SSSR count). The van der Waals surface area contributed by atoms with E-state index >= 15 is 0 Å². The van der Waals surface area contributed by atoms with Gasteiger partial charge < -0.3 is 15.4 Å². The molecule has 128 valence electrons. The van der Waals surface area contributed by atoms with Crippen LogP contribution in [0.1, 0.15) is 18.9 Å². The predicted molar refractivity (Wildman–Crippen MR) is 91.7 cm³/mol. The number of anilines is 1. The molecule has 0 fully saturated rings. The van der Waals surface area contributed by atoms with Crippen molar-refractivity contribution in [3.8, 4) is 11.8 Å². The van der Waals surface area contributed by atoms with Gasteiger partial charge in [0.05, 0.1) is 11.6 Å².